The molecule has 0 bridgehead atoms. The van der Waals surface area contributed by atoms with Crippen LogP contribution in [0.15, 0.2) is 36.7 Å². The van der Waals surface area contributed by atoms with Crippen molar-refractivity contribution in [2.24, 2.45) is 0 Å². The molecule has 0 atom stereocenters. The van der Waals surface area contributed by atoms with Crippen molar-refractivity contribution in [3.8, 4) is 0 Å². The maximum atomic E-state index is 11.9. The fourth-order valence-electron chi connectivity index (χ4n) is 1.60. The number of aromatic nitrogens is 2. The van der Waals surface area contributed by atoms with E-state index in [2.05, 4.69) is 20.8 Å². The molecule has 2 aromatic rings. The Labute approximate surface area is 110 Å². The van der Waals surface area contributed by atoms with Crippen LogP contribution in [0.4, 0.5) is 5.69 Å². The monoisotopic (exact) mass is 258 g/mol. The first kappa shape index (κ1) is 12.8. The minimum absolute atomic E-state index is 0.170. The zero-order valence-corrected chi connectivity index (χ0v) is 10.4. The summed E-state index contributed by atoms with van der Waals surface area (Å²) < 4.78 is 0. The van der Waals surface area contributed by atoms with Crippen LogP contribution in [0.3, 0.4) is 0 Å². The summed E-state index contributed by atoms with van der Waals surface area (Å²) in [4.78, 5) is 22.9. The summed E-state index contributed by atoms with van der Waals surface area (Å²) in [5.74, 6) is -0.371. The first-order valence-corrected chi connectivity index (χ1v) is 5.78. The largest absolute Gasteiger partial charge is 0.348 e. The van der Waals surface area contributed by atoms with Crippen LogP contribution in [0.5, 0.6) is 0 Å². The van der Waals surface area contributed by atoms with Crippen LogP contribution in [0.1, 0.15) is 22.8 Å². The van der Waals surface area contributed by atoms with Gasteiger partial charge in [-0.2, -0.15) is 5.10 Å². The third-order valence-corrected chi connectivity index (χ3v) is 2.45. The van der Waals surface area contributed by atoms with Gasteiger partial charge < -0.3 is 10.6 Å². The summed E-state index contributed by atoms with van der Waals surface area (Å²) in [6.07, 6.45) is 3.36. The van der Waals surface area contributed by atoms with Crippen LogP contribution in [0.2, 0.25) is 0 Å². The number of hydrogen-bond acceptors (Lipinski definition) is 3. The number of anilines is 1. The maximum absolute atomic E-state index is 11.9. The number of benzene rings is 1. The number of rotatable bonds is 4. The second-order valence-electron chi connectivity index (χ2n) is 4.05. The molecule has 6 nitrogen and oxygen atoms in total. The molecule has 1 heterocycles. The van der Waals surface area contributed by atoms with E-state index in [1.54, 1.807) is 36.7 Å². The number of carbonyl (C=O) groups is 2. The van der Waals surface area contributed by atoms with Crippen LogP contribution < -0.4 is 10.6 Å². The first-order valence-electron chi connectivity index (χ1n) is 5.78. The summed E-state index contributed by atoms with van der Waals surface area (Å²) in [6.45, 7) is 1.82. The average molecular weight is 258 g/mol. The van der Waals surface area contributed by atoms with Gasteiger partial charge >= 0.3 is 0 Å². The Morgan fingerprint density at radius 3 is 2.89 bits per heavy atom. The molecule has 0 unspecified atom stereocenters. The predicted octanol–water partition coefficient (Wildman–Crippen LogP) is 1.30. The molecular formula is C13H14N4O2. The van der Waals surface area contributed by atoms with Crippen LogP contribution in [-0.4, -0.2) is 22.0 Å². The van der Waals surface area contributed by atoms with Crippen molar-refractivity contribution in [1.82, 2.24) is 15.5 Å². The Morgan fingerprint density at radius 2 is 2.21 bits per heavy atom. The molecule has 2 amide bonds. The van der Waals surface area contributed by atoms with Crippen molar-refractivity contribution in [2.45, 2.75) is 13.5 Å². The number of carbonyl (C=O) groups excluding carboxylic acids is 2. The Bertz CT molecular complexity index is 578. The average Bonchev–Trinajstić information content (AvgIpc) is 2.88. The molecule has 1 aromatic carbocycles. The molecule has 0 radical (unpaired) electrons. The Hall–Kier alpha value is -2.63. The van der Waals surface area contributed by atoms with Crippen molar-refractivity contribution < 1.29 is 9.59 Å². The number of nitrogens with one attached hydrogen (secondary N) is 3. The summed E-state index contributed by atoms with van der Waals surface area (Å²) in [5, 5.41) is 11.9. The quantitative estimate of drug-likeness (QED) is 0.772. The third-order valence-electron chi connectivity index (χ3n) is 2.45. The second-order valence-corrected chi connectivity index (χ2v) is 4.05. The molecule has 6 heteroatoms. The van der Waals surface area contributed by atoms with Crippen LogP contribution in [-0.2, 0) is 11.3 Å². The molecule has 19 heavy (non-hydrogen) atoms. The Balaban J connectivity index is 2.00. The summed E-state index contributed by atoms with van der Waals surface area (Å²) >= 11 is 0. The van der Waals surface area contributed by atoms with Gasteiger partial charge in [-0.15, -0.1) is 0 Å². The number of nitrogens with zero attached hydrogens (tertiary/aromatic N) is 1. The SMILES string of the molecule is CC(=O)Nc1cccc(C(=O)NCc2cn[nH]c2)c1. The van der Waals surface area contributed by atoms with Gasteiger partial charge in [-0.1, -0.05) is 6.07 Å². The standard InChI is InChI=1S/C13H14N4O2/c1-9(18)17-12-4-2-3-11(5-12)13(19)14-6-10-7-15-16-8-10/h2-5,7-8H,6H2,1H3,(H,14,19)(H,15,16)(H,17,18). The molecular weight excluding hydrogens is 244 g/mol. The van der Waals surface area contributed by atoms with E-state index in [1.807, 2.05) is 0 Å². The van der Waals surface area contributed by atoms with Crippen molar-refractivity contribution in [3.63, 3.8) is 0 Å². The zero-order chi connectivity index (χ0) is 13.7. The molecule has 0 saturated heterocycles. The lowest BCUT2D eigenvalue weighted by Crippen LogP contribution is -2.22. The molecule has 1 aromatic heterocycles. The van der Waals surface area contributed by atoms with Gasteiger partial charge in [0.2, 0.25) is 5.91 Å². The molecule has 0 spiro atoms. The van der Waals surface area contributed by atoms with Crippen molar-refractivity contribution >= 4 is 17.5 Å². The van der Waals surface area contributed by atoms with Crippen LogP contribution in [0.25, 0.3) is 0 Å². The molecule has 3 N–H and O–H groups in total. The molecule has 98 valence electrons. The molecule has 2 rings (SSSR count). The second kappa shape index (κ2) is 5.81. The van der Waals surface area contributed by atoms with Gasteiger partial charge in [0.15, 0.2) is 0 Å². The minimum Gasteiger partial charge on any atom is -0.348 e. The maximum Gasteiger partial charge on any atom is 0.251 e. The predicted molar refractivity (Wildman–Crippen MR) is 70.5 cm³/mol. The minimum atomic E-state index is -0.201. The van der Waals surface area contributed by atoms with Gasteiger partial charge in [0.05, 0.1) is 6.20 Å². The Kier molecular flexibility index (Phi) is 3.92. The van der Waals surface area contributed by atoms with Gasteiger partial charge in [-0.25, -0.2) is 0 Å². The fourth-order valence-corrected chi connectivity index (χ4v) is 1.60. The fraction of sp³-hybridized carbons (Fsp3) is 0.154. The summed E-state index contributed by atoms with van der Waals surface area (Å²) in [6, 6.07) is 6.77. The van der Waals surface area contributed by atoms with Gasteiger partial charge in [0.1, 0.15) is 0 Å². The molecule has 0 aliphatic carbocycles. The van der Waals surface area contributed by atoms with E-state index in [4.69, 9.17) is 0 Å². The zero-order valence-electron chi connectivity index (χ0n) is 10.4. The molecule has 0 aliphatic rings. The lowest BCUT2D eigenvalue weighted by atomic mass is 10.2. The van der Waals surface area contributed by atoms with Gasteiger partial charge in [0.25, 0.3) is 5.91 Å². The van der Waals surface area contributed by atoms with E-state index in [0.717, 1.165) is 5.56 Å². The van der Waals surface area contributed by atoms with Gasteiger partial charge in [-0.3, -0.25) is 14.7 Å². The van der Waals surface area contributed by atoms with Crippen molar-refractivity contribution in [3.05, 3.63) is 47.8 Å². The highest BCUT2D eigenvalue weighted by Gasteiger charge is 2.06. The summed E-state index contributed by atoms with van der Waals surface area (Å²) in [5.41, 5.74) is 1.99. The van der Waals surface area contributed by atoms with Gasteiger partial charge in [0, 0.05) is 36.5 Å². The lowest BCUT2D eigenvalue weighted by molar-refractivity contribution is -0.114. The topological polar surface area (TPSA) is 86.9 Å². The van der Waals surface area contributed by atoms with E-state index in [-0.39, 0.29) is 11.8 Å². The van der Waals surface area contributed by atoms with E-state index in [9.17, 15) is 9.59 Å². The highest BCUT2D eigenvalue weighted by molar-refractivity contribution is 5.96. The third kappa shape index (κ3) is 3.67. The van der Waals surface area contributed by atoms with E-state index in [1.165, 1.54) is 6.92 Å². The molecule has 0 aliphatic heterocycles. The lowest BCUT2D eigenvalue weighted by Gasteiger charge is -2.06. The van der Waals surface area contributed by atoms with E-state index < -0.39 is 0 Å². The van der Waals surface area contributed by atoms with Gasteiger partial charge in [-0.05, 0) is 18.2 Å². The number of H-pyrrole nitrogens is 1. The number of aromatic amines is 1. The van der Waals surface area contributed by atoms with Crippen LogP contribution >= 0.6 is 0 Å². The van der Waals surface area contributed by atoms with E-state index in [0.29, 0.717) is 17.8 Å². The van der Waals surface area contributed by atoms with Crippen molar-refractivity contribution in [1.29, 1.82) is 0 Å². The number of hydrogen-bond donors (Lipinski definition) is 3. The Morgan fingerprint density at radius 1 is 1.37 bits per heavy atom. The molecule has 0 saturated carbocycles. The highest BCUT2D eigenvalue weighted by Crippen LogP contribution is 2.10. The smallest absolute Gasteiger partial charge is 0.251 e. The van der Waals surface area contributed by atoms with Crippen molar-refractivity contribution in [2.75, 3.05) is 5.32 Å². The first-order chi connectivity index (χ1) is 9.15. The van der Waals surface area contributed by atoms with E-state index >= 15 is 0 Å². The number of amides is 2. The summed E-state index contributed by atoms with van der Waals surface area (Å²) in [7, 11) is 0. The van der Waals surface area contributed by atoms with Crippen LogP contribution in [0, 0.1) is 0 Å². The molecule has 0 fully saturated rings. The normalized spacial score (nSPS) is 9.95. The highest BCUT2D eigenvalue weighted by atomic mass is 16.2.